The molecule has 2 aliphatic carbocycles. The predicted octanol–water partition coefficient (Wildman–Crippen LogP) is 10.1. The monoisotopic (exact) mass is 747 g/mol. The number of anilines is 1. The fourth-order valence-electron chi connectivity index (χ4n) is 9.24. The third-order valence-corrected chi connectivity index (χ3v) is 12.5. The molecule has 2 N–H and O–H groups in total. The summed E-state index contributed by atoms with van der Waals surface area (Å²) >= 11 is 0. The number of pyridine rings is 2. The molecular weight excluding hydrogens is 685 g/mol. The van der Waals surface area contributed by atoms with Gasteiger partial charge in [-0.05, 0) is 56.4 Å². The van der Waals surface area contributed by atoms with Gasteiger partial charge in [0.2, 0.25) is 0 Å². The lowest BCUT2D eigenvalue weighted by Gasteiger charge is -2.29. The largest absolute Gasteiger partial charge is 0.396 e. The van der Waals surface area contributed by atoms with Gasteiger partial charge >= 0.3 is 0 Å². The van der Waals surface area contributed by atoms with Gasteiger partial charge in [-0.15, -0.1) is 5.10 Å². The molecule has 6 rings (SSSR count). The first-order chi connectivity index (χ1) is 27.1. The van der Waals surface area contributed by atoms with E-state index in [1.165, 1.54) is 116 Å². The topological polar surface area (TPSA) is 154 Å². The van der Waals surface area contributed by atoms with Crippen molar-refractivity contribution in [3.8, 4) is 23.6 Å². The number of nitriles is 2. The number of aliphatic hydroxyl groups excluding tert-OH is 1. The molecule has 2 aliphatic rings. The van der Waals surface area contributed by atoms with Crippen molar-refractivity contribution in [2.24, 2.45) is 11.8 Å². The Bertz CT molecular complexity index is 1850. The highest BCUT2D eigenvalue weighted by molar-refractivity contribution is 5.77. The maximum Gasteiger partial charge on any atom is 0.164 e. The van der Waals surface area contributed by atoms with Crippen molar-refractivity contribution in [3.63, 3.8) is 0 Å². The summed E-state index contributed by atoms with van der Waals surface area (Å²) in [7, 11) is 0. The second kappa shape index (κ2) is 21.1. The molecule has 4 aromatic rings. The summed E-state index contributed by atoms with van der Waals surface area (Å²) in [5.41, 5.74) is 3.65. The molecule has 0 radical (unpaired) electrons. The molecule has 0 amide bonds. The second-order valence-electron chi connectivity index (χ2n) is 16.4. The van der Waals surface area contributed by atoms with Crippen LogP contribution in [0.25, 0.3) is 22.5 Å². The molecule has 55 heavy (non-hydrogen) atoms. The number of hydrogen-bond acceptors (Lipinski definition) is 9. The summed E-state index contributed by atoms with van der Waals surface area (Å²) in [5, 5.41) is 47.1. The van der Waals surface area contributed by atoms with Gasteiger partial charge in [0.1, 0.15) is 11.8 Å². The zero-order valence-corrected chi connectivity index (χ0v) is 33.0. The van der Waals surface area contributed by atoms with Crippen LogP contribution in [0.15, 0.2) is 36.9 Å². The third-order valence-electron chi connectivity index (χ3n) is 12.5. The van der Waals surface area contributed by atoms with E-state index >= 15 is 0 Å². The number of rotatable bonds is 8. The van der Waals surface area contributed by atoms with Crippen LogP contribution < -0.4 is 5.32 Å². The summed E-state index contributed by atoms with van der Waals surface area (Å²) in [6, 6.07) is 8.05. The van der Waals surface area contributed by atoms with Gasteiger partial charge in [0.15, 0.2) is 11.5 Å². The quantitative estimate of drug-likeness (QED) is 0.168. The van der Waals surface area contributed by atoms with E-state index in [2.05, 4.69) is 33.7 Å². The van der Waals surface area contributed by atoms with Gasteiger partial charge in [-0.3, -0.25) is 0 Å². The Labute approximate surface area is 327 Å². The number of hydrogen-bond donors (Lipinski definition) is 2. The molecule has 11 nitrogen and oxygen atoms in total. The van der Waals surface area contributed by atoms with Crippen molar-refractivity contribution < 1.29 is 5.11 Å². The number of nitrogens with zero attached hydrogens (tertiary/aromatic N) is 9. The highest BCUT2D eigenvalue weighted by Gasteiger charge is 2.42. The zero-order valence-electron chi connectivity index (χ0n) is 33.0. The minimum atomic E-state index is -0.0322. The van der Waals surface area contributed by atoms with Crippen molar-refractivity contribution in [2.45, 2.75) is 160 Å². The van der Waals surface area contributed by atoms with E-state index in [-0.39, 0.29) is 12.0 Å². The molecule has 2 saturated carbocycles. The minimum absolute atomic E-state index is 0.0322. The van der Waals surface area contributed by atoms with Gasteiger partial charge in [-0.25, -0.2) is 14.6 Å². The van der Waals surface area contributed by atoms with Crippen LogP contribution in [-0.2, 0) is 5.41 Å². The van der Waals surface area contributed by atoms with E-state index in [0.29, 0.717) is 41.8 Å². The van der Waals surface area contributed by atoms with Gasteiger partial charge in [-0.2, -0.15) is 20.3 Å². The lowest BCUT2D eigenvalue weighted by Crippen LogP contribution is -2.25. The van der Waals surface area contributed by atoms with Crippen LogP contribution in [0.1, 0.15) is 165 Å². The first kappa shape index (κ1) is 40.3. The standard InChI is InChI=1S/C44H62N10O/c45-24-16-25-47-39-28-42(54-43-38(32-50-54)27-37(30-46)31-49-43)48-33-40(39)53-34-41(51-52-53)44-22-19-35(21-26-55)17-14-12-10-8-6-4-2-1-3-5-7-9-11-13-15-18-36(29-44)20-23-44/h27-28,31-36,55H,1-23,25-26,29H2,(H,47,48)/t35-,36+,44+/m1/s1. The van der Waals surface area contributed by atoms with Crippen LogP contribution in [0, 0.1) is 34.5 Å². The van der Waals surface area contributed by atoms with Crippen molar-refractivity contribution in [3.05, 3.63) is 48.2 Å². The van der Waals surface area contributed by atoms with Crippen molar-refractivity contribution >= 4 is 16.7 Å². The molecule has 2 fully saturated rings. The lowest BCUT2D eigenvalue weighted by atomic mass is 9.75. The third kappa shape index (κ3) is 11.1. The summed E-state index contributed by atoms with van der Waals surface area (Å²) in [6.45, 7) is 0.725. The van der Waals surface area contributed by atoms with Crippen molar-refractivity contribution in [1.82, 2.24) is 34.7 Å². The number of aliphatic hydroxyl groups is 1. The molecule has 11 heteroatoms. The predicted molar refractivity (Wildman–Crippen MR) is 217 cm³/mol. The Kier molecular flexibility index (Phi) is 15.5. The molecule has 4 heterocycles. The van der Waals surface area contributed by atoms with Gasteiger partial charge in [0.25, 0.3) is 0 Å². The average molecular weight is 747 g/mol. The van der Waals surface area contributed by atoms with E-state index in [1.54, 1.807) is 29.3 Å². The molecule has 294 valence electrons. The molecule has 3 atom stereocenters. The maximum atomic E-state index is 10.1. The Morgan fingerprint density at radius 3 is 2.18 bits per heavy atom. The number of fused-ring (bicyclic) bond motifs is 3. The summed E-state index contributed by atoms with van der Waals surface area (Å²) in [4.78, 5) is 9.27. The summed E-state index contributed by atoms with van der Waals surface area (Å²) in [5.74, 6) is 1.80. The van der Waals surface area contributed by atoms with E-state index in [1.807, 2.05) is 10.7 Å². The van der Waals surface area contributed by atoms with Gasteiger partial charge < -0.3 is 10.4 Å². The average Bonchev–Trinajstić information content (AvgIpc) is 3.97. The summed E-state index contributed by atoms with van der Waals surface area (Å²) < 4.78 is 3.51. The Morgan fingerprint density at radius 1 is 0.800 bits per heavy atom. The Hall–Kier alpha value is -4.35. The van der Waals surface area contributed by atoms with E-state index in [9.17, 15) is 15.6 Å². The molecule has 2 bridgehead atoms. The van der Waals surface area contributed by atoms with E-state index in [4.69, 9.17) is 15.3 Å². The molecule has 0 saturated heterocycles. The molecule has 4 aromatic heterocycles. The zero-order chi connectivity index (χ0) is 38.1. The van der Waals surface area contributed by atoms with Gasteiger partial charge in [0, 0.05) is 36.2 Å². The Balaban J connectivity index is 1.23. The van der Waals surface area contributed by atoms with Crippen molar-refractivity contribution in [2.75, 3.05) is 18.5 Å². The van der Waals surface area contributed by atoms with Crippen LogP contribution in [0.4, 0.5) is 5.69 Å². The Morgan fingerprint density at radius 2 is 1.49 bits per heavy atom. The van der Waals surface area contributed by atoms with Crippen molar-refractivity contribution in [1.29, 1.82) is 10.5 Å². The first-order valence-corrected chi connectivity index (χ1v) is 21.5. The molecule has 0 unspecified atom stereocenters. The van der Waals surface area contributed by atoms with Gasteiger partial charge in [-0.1, -0.05) is 114 Å². The molecule has 0 aromatic carbocycles. The van der Waals surface area contributed by atoms with Crippen LogP contribution in [0.3, 0.4) is 0 Å². The fraction of sp³-hybridized carbons (Fsp3) is 0.659. The highest BCUT2D eigenvalue weighted by Crippen LogP contribution is 2.49. The van der Waals surface area contributed by atoms with Crippen LogP contribution in [0.5, 0.6) is 0 Å². The van der Waals surface area contributed by atoms with Crippen LogP contribution in [-0.4, -0.2) is 53.0 Å². The van der Waals surface area contributed by atoms with E-state index < -0.39 is 0 Å². The van der Waals surface area contributed by atoms with Gasteiger partial charge in [0.05, 0.1) is 48.0 Å². The number of nitrogens with one attached hydrogen (secondary N) is 1. The SMILES string of the molecule is N#CCCNc1cc(-n2ncc3cc(C#N)cnc32)ncc1-n1cc([C@@]23CC[C@H](CCO)CCCCCCCCCCCCCCCCC[C@@H](CC2)C3)nn1. The highest BCUT2D eigenvalue weighted by atomic mass is 16.3. The molecular formula is C44H62N10O. The smallest absolute Gasteiger partial charge is 0.164 e. The second-order valence-corrected chi connectivity index (χ2v) is 16.4. The minimum Gasteiger partial charge on any atom is -0.396 e. The maximum absolute atomic E-state index is 10.1. The van der Waals surface area contributed by atoms with E-state index in [0.717, 1.165) is 54.6 Å². The fourth-order valence-corrected chi connectivity index (χ4v) is 9.24. The summed E-state index contributed by atoms with van der Waals surface area (Å²) in [6.07, 6.45) is 37.0. The molecule has 0 spiro atoms. The van der Waals surface area contributed by atoms with Crippen LogP contribution >= 0.6 is 0 Å². The molecule has 0 aliphatic heterocycles. The number of aromatic nitrogens is 7. The lowest BCUT2D eigenvalue weighted by molar-refractivity contribution is 0.229. The normalized spacial score (nSPS) is 22.8. The van der Waals surface area contributed by atoms with Crippen LogP contribution in [0.2, 0.25) is 0 Å². The first-order valence-electron chi connectivity index (χ1n) is 21.5.